The third-order valence-corrected chi connectivity index (χ3v) is 11.7. The molecule has 13 atom stereocenters. The first-order valence-electron chi connectivity index (χ1n) is 17.7. The molecule has 0 spiro atoms. The number of hydrogen-bond donors (Lipinski definition) is 2. The lowest BCUT2D eigenvalue weighted by molar-refractivity contribution is -0.207. The van der Waals surface area contributed by atoms with Gasteiger partial charge in [0, 0.05) is 43.5 Å². The van der Waals surface area contributed by atoms with Crippen LogP contribution in [0.3, 0.4) is 0 Å². The molecule has 12 nitrogen and oxygen atoms in total. The van der Waals surface area contributed by atoms with E-state index in [4.69, 9.17) is 24.7 Å². The van der Waals surface area contributed by atoms with Crippen molar-refractivity contribution in [1.82, 2.24) is 9.80 Å². The van der Waals surface area contributed by atoms with E-state index in [0.717, 1.165) is 6.42 Å². The van der Waals surface area contributed by atoms with Gasteiger partial charge in [0.15, 0.2) is 11.4 Å². The summed E-state index contributed by atoms with van der Waals surface area (Å²) in [7, 11) is 5.37. The SMILES string of the molecule is CC[C@H]1OC(=O)C(C)(C)C(=O)[C@H](C)[C@@H](OC2CC(C)CC(N(C)C)[C@H]2O)[C@](C)(OC)C[C@@H](C)C(=O)C(C)C2N(C(C)CN)C(=O)O[C@@]21C. The Hall–Kier alpha value is -2.12. The molecule has 3 N–H and O–H groups in total. The van der Waals surface area contributed by atoms with Crippen molar-refractivity contribution in [3.8, 4) is 0 Å². The highest BCUT2D eigenvalue weighted by molar-refractivity contribution is 6.04. The lowest BCUT2D eigenvalue weighted by atomic mass is 9.71. The van der Waals surface area contributed by atoms with Crippen molar-refractivity contribution in [3.05, 3.63) is 0 Å². The van der Waals surface area contributed by atoms with Gasteiger partial charge in [-0.2, -0.15) is 0 Å². The molecule has 276 valence electrons. The van der Waals surface area contributed by atoms with Crippen LogP contribution >= 0.6 is 0 Å². The number of rotatable bonds is 7. The fourth-order valence-electron chi connectivity index (χ4n) is 8.63. The highest BCUT2D eigenvalue weighted by atomic mass is 16.6. The van der Waals surface area contributed by atoms with E-state index in [1.54, 1.807) is 27.7 Å². The van der Waals surface area contributed by atoms with E-state index in [-0.39, 0.29) is 37.1 Å². The van der Waals surface area contributed by atoms with E-state index >= 15 is 0 Å². The van der Waals surface area contributed by atoms with Crippen LogP contribution in [-0.2, 0) is 33.3 Å². The molecule has 0 bridgehead atoms. The number of nitrogens with zero attached hydrogens (tertiary/aromatic N) is 2. The second kappa shape index (κ2) is 15.0. The zero-order chi connectivity index (χ0) is 36.7. The zero-order valence-electron chi connectivity index (χ0n) is 31.6. The molecule has 1 saturated carbocycles. The van der Waals surface area contributed by atoms with Crippen molar-refractivity contribution in [2.75, 3.05) is 27.7 Å². The molecule has 1 amide bonds. The molecule has 1 aliphatic carbocycles. The summed E-state index contributed by atoms with van der Waals surface area (Å²) in [5, 5.41) is 11.5. The normalized spacial score (nSPS) is 42.2. The Balaban J connectivity index is 2.20. The number of ketones is 2. The Morgan fingerprint density at radius 1 is 1.04 bits per heavy atom. The molecule has 2 aliphatic heterocycles. The summed E-state index contributed by atoms with van der Waals surface area (Å²) >= 11 is 0. The number of amides is 1. The van der Waals surface area contributed by atoms with Crippen molar-refractivity contribution < 1.29 is 43.2 Å². The molecule has 2 heterocycles. The van der Waals surface area contributed by atoms with Gasteiger partial charge in [0.05, 0.1) is 30.0 Å². The maximum Gasteiger partial charge on any atom is 0.411 e. The summed E-state index contributed by atoms with van der Waals surface area (Å²) in [5.41, 5.74) is 1.82. The van der Waals surface area contributed by atoms with E-state index in [9.17, 15) is 24.3 Å². The first kappa shape index (κ1) is 40.3. The van der Waals surface area contributed by atoms with E-state index in [1.165, 1.54) is 25.9 Å². The number of esters is 1. The average Bonchev–Trinajstić information content (AvgIpc) is 3.30. The smallest absolute Gasteiger partial charge is 0.411 e. The van der Waals surface area contributed by atoms with Gasteiger partial charge in [0.25, 0.3) is 0 Å². The van der Waals surface area contributed by atoms with E-state index in [0.29, 0.717) is 6.42 Å². The molecule has 12 heteroatoms. The minimum Gasteiger partial charge on any atom is -0.457 e. The zero-order valence-corrected chi connectivity index (χ0v) is 31.6. The lowest BCUT2D eigenvalue weighted by Crippen LogP contribution is -2.61. The predicted molar refractivity (Wildman–Crippen MR) is 181 cm³/mol. The number of methoxy groups -OCH3 is 1. The standard InChI is InChI=1S/C36H63N3O9/c1-14-26-36(10)29(39(21(4)18-37)33(44)48-36)22(5)27(40)20(3)17-35(9,45-13)31(23(6)30(42)34(7,8)32(43)47-26)46-25-16-19(2)15-24(28(25)41)38(11)12/h19-26,28-29,31,41H,14-18,37H2,1-13H3/t19?,20-,21?,22?,23+,24?,25?,26-,28-,29?,31-,35-,36-/m1/s1. The molecule has 2 saturated heterocycles. The number of aliphatic hydroxyl groups excluding tert-OH is 1. The van der Waals surface area contributed by atoms with E-state index < -0.39 is 88.7 Å². The van der Waals surface area contributed by atoms with Crippen LogP contribution in [0.5, 0.6) is 0 Å². The summed E-state index contributed by atoms with van der Waals surface area (Å²) in [4.78, 5) is 59.9. The van der Waals surface area contributed by atoms with Crippen LogP contribution in [0.2, 0.25) is 0 Å². The van der Waals surface area contributed by atoms with Crippen LogP contribution in [0.1, 0.15) is 94.9 Å². The van der Waals surface area contributed by atoms with Crippen LogP contribution in [0.25, 0.3) is 0 Å². The number of carbonyl (C=O) groups is 4. The molecule has 3 rings (SSSR count). The summed E-state index contributed by atoms with van der Waals surface area (Å²) in [6.45, 7) is 17.7. The average molecular weight is 682 g/mol. The highest BCUT2D eigenvalue weighted by Crippen LogP contribution is 2.44. The summed E-state index contributed by atoms with van der Waals surface area (Å²) in [6, 6.07) is -1.42. The molecule has 3 aliphatic rings. The molecular weight excluding hydrogens is 618 g/mol. The Bertz CT molecular complexity index is 1200. The number of fused-ring (bicyclic) bond motifs is 1. The quantitative estimate of drug-likeness (QED) is 0.299. The second-order valence-electron chi connectivity index (χ2n) is 16.1. The second-order valence-corrected chi connectivity index (χ2v) is 16.1. The van der Waals surface area contributed by atoms with E-state index in [2.05, 4.69) is 6.92 Å². The third-order valence-electron chi connectivity index (χ3n) is 11.7. The van der Waals surface area contributed by atoms with Gasteiger partial charge < -0.3 is 34.7 Å². The maximum atomic E-state index is 14.5. The van der Waals surface area contributed by atoms with Gasteiger partial charge in [-0.15, -0.1) is 0 Å². The maximum absolute atomic E-state index is 14.5. The van der Waals surface area contributed by atoms with Gasteiger partial charge >= 0.3 is 12.1 Å². The van der Waals surface area contributed by atoms with Crippen LogP contribution in [0.15, 0.2) is 0 Å². The monoisotopic (exact) mass is 681 g/mol. The number of hydrogen-bond acceptors (Lipinski definition) is 11. The summed E-state index contributed by atoms with van der Waals surface area (Å²) < 4.78 is 25.2. The van der Waals surface area contributed by atoms with Gasteiger partial charge in [-0.3, -0.25) is 19.3 Å². The Morgan fingerprint density at radius 2 is 1.65 bits per heavy atom. The van der Waals surface area contributed by atoms with Crippen molar-refractivity contribution in [2.24, 2.45) is 34.8 Å². The van der Waals surface area contributed by atoms with Crippen LogP contribution in [-0.4, -0.2) is 120 Å². The number of ether oxygens (including phenoxy) is 4. The molecule has 0 aromatic rings. The molecule has 0 radical (unpaired) electrons. The highest BCUT2D eigenvalue weighted by Gasteiger charge is 2.62. The van der Waals surface area contributed by atoms with Gasteiger partial charge in [-0.05, 0) is 80.3 Å². The van der Waals surface area contributed by atoms with Crippen LogP contribution < -0.4 is 5.73 Å². The third kappa shape index (κ3) is 7.33. The van der Waals surface area contributed by atoms with Crippen LogP contribution in [0.4, 0.5) is 4.79 Å². The van der Waals surface area contributed by atoms with E-state index in [1.807, 2.05) is 39.8 Å². The van der Waals surface area contributed by atoms with Gasteiger partial charge in [0.2, 0.25) is 0 Å². The number of cyclic esters (lactones) is 1. The van der Waals surface area contributed by atoms with Crippen molar-refractivity contribution in [3.63, 3.8) is 0 Å². The molecule has 0 aromatic carbocycles. The predicted octanol–water partition coefficient (Wildman–Crippen LogP) is 3.59. The number of carbonyl (C=O) groups excluding carboxylic acids is 4. The first-order valence-corrected chi connectivity index (χ1v) is 17.7. The molecule has 3 fully saturated rings. The summed E-state index contributed by atoms with van der Waals surface area (Å²) in [5.74, 6) is -3.33. The van der Waals surface area contributed by atoms with Gasteiger partial charge in [0.1, 0.15) is 17.3 Å². The molecule has 48 heavy (non-hydrogen) atoms. The number of nitrogens with two attached hydrogens (primary N) is 1. The van der Waals surface area contributed by atoms with Gasteiger partial charge in [-0.25, -0.2) is 4.79 Å². The Kier molecular flexibility index (Phi) is 12.6. The van der Waals surface area contributed by atoms with Crippen molar-refractivity contribution in [1.29, 1.82) is 0 Å². The molecular formula is C36H63N3O9. The largest absolute Gasteiger partial charge is 0.457 e. The van der Waals surface area contributed by atoms with Crippen molar-refractivity contribution in [2.45, 2.75) is 149 Å². The minimum atomic E-state index is -1.62. The van der Waals surface area contributed by atoms with Gasteiger partial charge in [-0.1, -0.05) is 34.6 Å². The first-order chi connectivity index (χ1) is 22.1. The lowest BCUT2D eigenvalue weighted by Gasteiger charge is -2.48. The van der Waals surface area contributed by atoms with Crippen molar-refractivity contribution >= 4 is 23.6 Å². The topological polar surface area (TPSA) is 158 Å². The molecule has 6 unspecified atom stereocenters. The Labute approximate surface area is 287 Å². The minimum absolute atomic E-state index is 0.134. The number of Topliss-reactive ketones (excluding diaryl/α,β-unsaturated/α-hetero) is 2. The number of likely N-dealkylation sites (N-methyl/N-ethyl adjacent to an activating group) is 1. The van der Waals surface area contributed by atoms with Crippen LogP contribution in [0, 0.1) is 29.1 Å². The fraction of sp³-hybridized carbons (Fsp3) is 0.889. The fourth-order valence-corrected chi connectivity index (χ4v) is 8.63. The Morgan fingerprint density at radius 3 is 2.17 bits per heavy atom. The summed E-state index contributed by atoms with van der Waals surface area (Å²) in [6.07, 6.45) is -2.16. The molecule has 0 aromatic heterocycles. The number of aliphatic hydroxyl groups is 1.